The molecule has 0 bridgehead atoms. The van der Waals surface area contributed by atoms with E-state index in [1.165, 1.54) is 0 Å². The van der Waals surface area contributed by atoms with Crippen molar-refractivity contribution in [1.29, 1.82) is 0 Å². The summed E-state index contributed by atoms with van der Waals surface area (Å²) >= 11 is 0. The van der Waals surface area contributed by atoms with E-state index in [2.05, 4.69) is 12.2 Å². The van der Waals surface area contributed by atoms with Gasteiger partial charge in [-0.25, -0.2) is 0 Å². The number of methoxy groups -OCH3 is 1. The van der Waals surface area contributed by atoms with Crippen molar-refractivity contribution in [2.75, 3.05) is 33.4 Å². The van der Waals surface area contributed by atoms with E-state index >= 15 is 0 Å². The summed E-state index contributed by atoms with van der Waals surface area (Å²) in [5, 5.41) is 3.30. The summed E-state index contributed by atoms with van der Waals surface area (Å²) < 4.78 is 10.8. The Bertz CT molecular complexity index is 459. The first-order valence-corrected chi connectivity index (χ1v) is 7.51. The number of hydrogen-bond acceptors (Lipinski definition) is 4. The third-order valence-electron chi connectivity index (χ3n) is 3.66. The van der Waals surface area contributed by atoms with Gasteiger partial charge in [0, 0.05) is 25.2 Å². The summed E-state index contributed by atoms with van der Waals surface area (Å²) in [5.74, 6) is 1.43. The van der Waals surface area contributed by atoms with Gasteiger partial charge in [0.05, 0.1) is 7.11 Å². The number of ether oxygens (including phenoxy) is 2. The maximum Gasteiger partial charge on any atom is 0.260 e. The van der Waals surface area contributed by atoms with Crippen molar-refractivity contribution < 1.29 is 14.3 Å². The highest BCUT2D eigenvalue weighted by molar-refractivity contribution is 5.78. The molecular formula is C16H24N2O3. The van der Waals surface area contributed by atoms with Crippen LogP contribution in [0.15, 0.2) is 24.3 Å². The zero-order chi connectivity index (χ0) is 15.1. The van der Waals surface area contributed by atoms with Crippen molar-refractivity contribution in [3.05, 3.63) is 24.3 Å². The monoisotopic (exact) mass is 292 g/mol. The first kappa shape index (κ1) is 15.6. The molecule has 1 N–H and O–H groups in total. The molecule has 0 saturated carbocycles. The van der Waals surface area contributed by atoms with Gasteiger partial charge >= 0.3 is 0 Å². The number of amides is 1. The van der Waals surface area contributed by atoms with Crippen LogP contribution in [0, 0.1) is 0 Å². The molecule has 1 aliphatic rings. The zero-order valence-corrected chi connectivity index (χ0v) is 12.8. The van der Waals surface area contributed by atoms with Gasteiger partial charge in [-0.2, -0.15) is 0 Å². The first-order valence-electron chi connectivity index (χ1n) is 7.51. The second-order valence-corrected chi connectivity index (χ2v) is 5.20. The van der Waals surface area contributed by atoms with Crippen molar-refractivity contribution in [3.63, 3.8) is 0 Å². The highest BCUT2D eigenvalue weighted by atomic mass is 16.5. The van der Waals surface area contributed by atoms with Gasteiger partial charge in [-0.3, -0.25) is 4.79 Å². The Balaban J connectivity index is 1.91. The van der Waals surface area contributed by atoms with Gasteiger partial charge in [-0.05, 0) is 31.5 Å². The van der Waals surface area contributed by atoms with E-state index in [9.17, 15) is 4.79 Å². The molecule has 1 aliphatic heterocycles. The van der Waals surface area contributed by atoms with Crippen LogP contribution in [0.25, 0.3) is 0 Å². The Kier molecular flexibility index (Phi) is 5.87. The van der Waals surface area contributed by atoms with E-state index < -0.39 is 0 Å². The molecule has 1 amide bonds. The van der Waals surface area contributed by atoms with Crippen molar-refractivity contribution in [3.8, 4) is 11.5 Å². The van der Waals surface area contributed by atoms with Crippen LogP contribution in [0.1, 0.15) is 19.8 Å². The average molecular weight is 292 g/mol. The second-order valence-electron chi connectivity index (χ2n) is 5.20. The molecule has 0 spiro atoms. The van der Waals surface area contributed by atoms with Crippen LogP contribution in [-0.4, -0.2) is 50.2 Å². The zero-order valence-electron chi connectivity index (χ0n) is 12.8. The van der Waals surface area contributed by atoms with Crippen LogP contribution in [0.5, 0.6) is 11.5 Å². The van der Waals surface area contributed by atoms with Gasteiger partial charge < -0.3 is 19.7 Å². The van der Waals surface area contributed by atoms with Gasteiger partial charge in [0.2, 0.25) is 0 Å². The molecule has 0 aromatic heterocycles. The van der Waals surface area contributed by atoms with E-state index in [-0.39, 0.29) is 12.5 Å². The number of rotatable bonds is 7. The summed E-state index contributed by atoms with van der Waals surface area (Å²) in [6.45, 7) is 4.81. The minimum atomic E-state index is 0.0494. The molecule has 1 unspecified atom stereocenters. The largest absolute Gasteiger partial charge is 0.497 e. The van der Waals surface area contributed by atoms with Crippen LogP contribution in [0.3, 0.4) is 0 Å². The minimum absolute atomic E-state index is 0.0494. The van der Waals surface area contributed by atoms with Crippen LogP contribution < -0.4 is 14.8 Å². The fourth-order valence-electron chi connectivity index (χ4n) is 2.58. The predicted molar refractivity (Wildman–Crippen MR) is 81.8 cm³/mol. The van der Waals surface area contributed by atoms with Crippen molar-refractivity contribution in [2.24, 2.45) is 0 Å². The predicted octanol–water partition coefficient (Wildman–Crippen LogP) is 1.67. The standard InChI is InChI=1S/C16H24N2O3/c1-3-9-18(13-7-8-17-11-13)16(19)12-21-15-6-4-5-14(10-15)20-2/h4-6,10,13,17H,3,7-9,11-12H2,1-2H3. The number of nitrogens with one attached hydrogen (secondary N) is 1. The molecule has 1 heterocycles. The molecule has 5 nitrogen and oxygen atoms in total. The highest BCUT2D eigenvalue weighted by Gasteiger charge is 2.25. The molecule has 1 aromatic carbocycles. The first-order chi connectivity index (χ1) is 10.2. The summed E-state index contributed by atoms with van der Waals surface area (Å²) in [6, 6.07) is 7.61. The van der Waals surface area contributed by atoms with Crippen LogP contribution in [0.4, 0.5) is 0 Å². The molecule has 1 atom stereocenters. The molecule has 1 fully saturated rings. The molecule has 0 radical (unpaired) electrons. The lowest BCUT2D eigenvalue weighted by Crippen LogP contribution is -2.44. The molecular weight excluding hydrogens is 268 g/mol. The lowest BCUT2D eigenvalue weighted by atomic mass is 10.2. The normalized spacial score (nSPS) is 17.5. The molecule has 21 heavy (non-hydrogen) atoms. The smallest absolute Gasteiger partial charge is 0.260 e. The lowest BCUT2D eigenvalue weighted by Gasteiger charge is -2.28. The van der Waals surface area contributed by atoms with E-state index in [1.807, 2.05) is 23.1 Å². The van der Waals surface area contributed by atoms with Crippen LogP contribution >= 0.6 is 0 Å². The number of carbonyl (C=O) groups excluding carboxylic acids is 1. The summed E-state index contributed by atoms with van der Waals surface area (Å²) in [4.78, 5) is 14.3. The molecule has 116 valence electrons. The topological polar surface area (TPSA) is 50.8 Å². The fraction of sp³-hybridized carbons (Fsp3) is 0.562. The molecule has 1 aromatic rings. The van der Waals surface area contributed by atoms with Gasteiger partial charge in [0.15, 0.2) is 6.61 Å². The number of nitrogens with zero attached hydrogens (tertiary/aromatic N) is 1. The van der Waals surface area contributed by atoms with Crippen molar-refractivity contribution >= 4 is 5.91 Å². The second kappa shape index (κ2) is 7.88. The molecule has 0 aliphatic carbocycles. The van der Waals surface area contributed by atoms with E-state index in [0.717, 1.165) is 38.2 Å². The average Bonchev–Trinajstić information content (AvgIpc) is 3.04. The fourth-order valence-corrected chi connectivity index (χ4v) is 2.58. The van der Waals surface area contributed by atoms with Crippen molar-refractivity contribution in [2.45, 2.75) is 25.8 Å². The molecule has 2 rings (SSSR count). The van der Waals surface area contributed by atoms with Crippen molar-refractivity contribution in [1.82, 2.24) is 10.2 Å². The Morgan fingerprint density at radius 3 is 2.90 bits per heavy atom. The third-order valence-corrected chi connectivity index (χ3v) is 3.66. The minimum Gasteiger partial charge on any atom is -0.497 e. The van der Waals surface area contributed by atoms with Gasteiger partial charge in [0.25, 0.3) is 5.91 Å². The number of carbonyl (C=O) groups is 1. The van der Waals surface area contributed by atoms with Gasteiger partial charge in [-0.1, -0.05) is 13.0 Å². The quantitative estimate of drug-likeness (QED) is 0.830. The van der Waals surface area contributed by atoms with E-state index in [0.29, 0.717) is 11.8 Å². The Morgan fingerprint density at radius 1 is 1.43 bits per heavy atom. The Morgan fingerprint density at radius 2 is 2.24 bits per heavy atom. The third kappa shape index (κ3) is 4.36. The van der Waals surface area contributed by atoms with Gasteiger partial charge in [-0.15, -0.1) is 0 Å². The summed E-state index contributed by atoms with van der Waals surface area (Å²) in [7, 11) is 1.61. The Hall–Kier alpha value is -1.75. The number of benzene rings is 1. The van der Waals surface area contributed by atoms with Gasteiger partial charge in [0.1, 0.15) is 11.5 Å². The summed E-state index contributed by atoms with van der Waals surface area (Å²) in [5.41, 5.74) is 0. The highest BCUT2D eigenvalue weighted by Crippen LogP contribution is 2.19. The SMILES string of the molecule is CCCN(C(=O)COc1cccc(OC)c1)C1CCNC1. The van der Waals surface area contributed by atoms with E-state index in [1.54, 1.807) is 13.2 Å². The van der Waals surface area contributed by atoms with E-state index in [4.69, 9.17) is 9.47 Å². The maximum absolute atomic E-state index is 12.4. The lowest BCUT2D eigenvalue weighted by molar-refractivity contribution is -0.135. The molecule has 5 heteroatoms. The number of hydrogen-bond donors (Lipinski definition) is 1. The maximum atomic E-state index is 12.4. The Labute approximate surface area is 126 Å². The van der Waals surface area contributed by atoms with Crippen LogP contribution in [-0.2, 0) is 4.79 Å². The molecule has 1 saturated heterocycles. The van der Waals surface area contributed by atoms with Crippen LogP contribution in [0.2, 0.25) is 0 Å². The summed E-state index contributed by atoms with van der Waals surface area (Å²) in [6.07, 6.45) is 1.98.